The molecule has 0 amide bonds. The predicted octanol–water partition coefficient (Wildman–Crippen LogP) is 14.9. The summed E-state index contributed by atoms with van der Waals surface area (Å²) in [5, 5.41) is 5.49. The Morgan fingerprint density at radius 2 is 0.833 bits per heavy atom. The number of hydrogen-bond donors (Lipinski definition) is 0. The average molecular weight is 823 g/mol. The molecule has 0 aliphatic rings. The summed E-state index contributed by atoms with van der Waals surface area (Å²) >= 11 is -2.32. The summed E-state index contributed by atoms with van der Waals surface area (Å²) in [7, 11) is 12.5. The Kier molecular flexibility index (Phi) is 15.0. The Hall–Kier alpha value is -4.13. The predicted molar refractivity (Wildman–Crippen MR) is 235 cm³/mol. The number of benzene rings is 6. The standard InChI is InChI=1S/2C18H17.C15H14.2ClH.Zr/c2*1-2-7-14-12-16-10-6-11-17(18(16)13-14)15-8-4-3-5-9-15;1-3-8-14(9-4-1)12-7-13-15-10-5-2-6-11-15;;;/h2*3-6,8-13H,2,7H2,1H3;1-6,8-11H,12-13H2;2*1H;/q2*-1;;;;+2/p-2. The van der Waals surface area contributed by atoms with Crippen LogP contribution in [0.1, 0.15) is 48.9 Å². The van der Waals surface area contributed by atoms with Gasteiger partial charge in [-0.2, -0.15) is 12.1 Å². The number of aryl methyl sites for hydroxylation is 2. The molecule has 0 fully saturated rings. The molecule has 8 aromatic carbocycles. The van der Waals surface area contributed by atoms with Crippen molar-refractivity contribution in [3.8, 4) is 22.3 Å². The number of fused-ring (bicyclic) bond motifs is 2. The van der Waals surface area contributed by atoms with E-state index in [0.717, 1.165) is 12.8 Å². The van der Waals surface area contributed by atoms with Crippen LogP contribution in [0.3, 0.4) is 0 Å². The van der Waals surface area contributed by atoms with Gasteiger partial charge in [-0.3, -0.25) is 0 Å². The first-order valence-corrected chi connectivity index (χ1v) is 26.7. The summed E-state index contributed by atoms with van der Waals surface area (Å²) in [5.41, 5.74) is 10.8. The molecule has 0 saturated heterocycles. The van der Waals surface area contributed by atoms with Crippen LogP contribution in [-0.2, 0) is 44.6 Å². The zero-order valence-electron chi connectivity index (χ0n) is 31.3. The average Bonchev–Trinajstić information content (AvgIpc) is 3.83. The van der Waals surface area contributed by atoms with Gasteiger partial charge < -0.3 is 0 Å². The van der Waals surface area contributed by atoms with E-state index in [1.807, 2.05) is 12.1 Å². The van der Waals surface area contributed by atoms with Crippen molar-refractivity contribution in [2.75, 3.05) is 0 Å². The maximum absolute atomic E-state index is 6.27. The number of halogens is 2. The molecule has 0 bridgehead atoms. The van der Waals surface area contributed by atoms with Crippen LogP contribution in [0.2, 0.25) is 0 Å². The first-order chi connectivity index (χ1) is 26.5. The first kappa shape index (κ1) is 39.6. The van der Waals surface area contributed by atoms with Crippen molar-refractivity contribution in [2.24, 2.45) is 0 Å². The molecule has 0 aromatic heterocycles. The number of rotatable bonds is 10. The second kappa shape index (κ2) is 20.5. The summed E-state index contributed by atoms with van der Waals surface area (Å²) in [6, 6.07) is 64.6. The van der Waals surface area contributed by atoms with Crippen molar-refractivity contribution in [1.29, 1.82) is 0 Å². The van der Waals surface area contributed by atoms with Crippen molar-refractivity contribution in [3.63, 3.8) is 0 Å². The molecular formula is C51H48Cl2Zr-2. The molecule has 0 aliphatic carbocycles. The van der Waals surface area contributed by atoms with Crippen molar-refractivity contribution >= 4 is 41.8 Å². The zero-order chi connectivity index (χ0) is 37.5. The first-order valence-electron chi connectivity index (χ1n) is 19.1. The fourth-order valence-electron chi connectivity index (χ4n) is 7.08. The van der Waals surface area contributed by atoms with Crippen molar-refractivity contribution in [1.82, 2.24) is 0 Å². The molecule has 0 nitrogen and oxygen atoms in total. The SMILES string of the molecule is CCCc1cc2c(-c3ccccc3)cccc2[cH-]1.CCCc1cc2c(-c3ccccc3)cccc2[cH-]1.[Cl][Zr]([Cl])=[C](Cc1ccccc1)Cc1ccccc1. The second-order valence-electron chi connectivity index (χ2n) is 13.8. The van der Waals surface area contributed by atoms with Crippen LogP contribution in [-0.4, -0.2) is 3.21 Å². The molecule has 0 heterocycles. The summed E-state index contributed by atoms with van der Waals surface area (Å²) in [5.74, 6) is 0. The van der Waals surface area contributed by atoms with Crippen LogP contribution in [0.15, 0.2) is 182 Å². The Morgan fingerprint density at radius 3 is 1.19 bits per heavy atom. The fourth-order valence-corrected chi connectivity index (χ4v) is 10.3. The number of hydrogen-bond acceptors (Lipinski definition) is 0. The second-order valence-corrected chi connectivity index (χ2v) is 22.4. The molecule has 8 rings (SSSR count). The molecule has 0 radical (unpaired) electrons. The van der Waals surface area contributed by atoms with Gasteiger partial charge in [-0.25, -0.2) is 0 Å². The van der Waals surface area contributed by atoms with Crippen LogP contribution in [0.4, 0.5) is 0 Å². The Balaban J connectivity index is 0.000000138. The minimum atomic E-state index is -2.32. The maximum atomic E-state index is 6.27. The van der Waals surface area contributed by atoms with E-state index >= 15 is 0 Å². The summed E-state index contributed by atoms with van der Waals surface area (Å²) in [6.07, 6.45) is 6.58. The van der Waals surface area contributed by atoms with Crippen molar-refractivity contribution in [2.45, 2.75) is 52.4 Å². The Bertz CT molecular complexity index is 2180. The van der Waals surface area contributed by atoms with E-state index in [-0.39, 0.29) is 0 Å². The minimum absolute atomic E-state index is 0.914. The molecule has 54 heavy (non-hydrogen) atoms. The van der Waals surface area contributed by atoms with E-state index in [2.05, 4.69) is 184 Å². The van der Waals surface area contributed by atoms with Gasteiger partial charge in [0.05, 0.1) is 0 Å². The van der Waals surface area contributed by atoms with Gasteiger partial charge in [0.25, 0.3) is 0 Å². The monoisotopic (exact) mass is 820 g/mol. The van der Waals surface area contributed by atoms with Crippen LogP contribution < -0.4 is 0 Å². The van der Waals surface area contributed by atoms with Gasteiger partial charge in [-0.05, 0) is 24.0 Å². The molecule has 0 saturated carbocycles. The van der Waals surface area contributed by atoms with Gasteiger partial charge in [-0.15, -0.1) is 69.1 Å². The third-order valence-corrected chi connectivity index (χ3v) is 15.0. The van der Waals surface area contributed by atoms with Gasteiger partial charge >= 0.3 is 124 Å². The normalized spacial score (nSPS) is 10.7. The molecule has 8 aromatic rings. The molecular weight excluding hydrogens is 775 g/mol. The van der Waals surface area contributed by atoms with Gasteiger partial charge in [0.1, 0.15) is 0 Å². The van der Waals surface area contributed by atoms with Crippen LogP contribution in [0.5, 0.6) is 0 Å². The van der Waals surface area contributed by atoms with Crippen molar-refractivity contribution in [3.05, 3.63) is 204 Å². The van der Waals surface area contributed by atoms with E-state index in [0.29, 0.717) is 0 Å². The Morgan fingerprint density at radius 1 is 0.463 bits per heavy atom. The van der Waals surface area contributed by atoms with E-state index in [1.54, 1.807) is 0 Å². The third kappa shape index (κ3) is 11.0. The van der Waals surface area contributed by atoms with Gasteiger partial charge in [0.15, 0.2) is 0 Å². The van der Waals surface area contributed by atoms with Crippen LogP contribution in [0.25, 0.3) is 43.8 Å². The van der Waals surface area contributed by atoms with Gasteiger partial charge in [0.2, 0.25) is 0 Å². The fraction of sp³-hybridized carbons (Fsp3) is 0.157. The third-order valence-electron chi connectivity index (χ3n) is 9.66. The van der Waals surface area contributed by atoms with E-state index in [4.69, 9.17) is 17.0 Å². The van der Waals surface area contributed by atoms with E-state index in [9.17, 15) is 0 Å². The van der Waals surface area contributed by atoms with Crippen LogP contribution >= 0.6 is 17.0 Å². The molecule has 0 unspecified atom stereocenters. The molecule has 0 N–H and O–H groups in total. The van der Waals surface area contributed by atoms with Gasteiger partial charge in [-0.1, -0.05) is 111 Å². The Labute approximate surface area is 337 Å². The molecule has 0 atom stereocenters. The molecule has 0 aliphatic heterocycles. The topological polar surface area (TPSA) is 0 Å². The molecule has 0 spiro atoms. The summed E-state index contributed by atoms with van der Waals surface area (Å²) in [4.78, 5) is 0. The van der Waals surface area contributed by atoms with E-state index in [1.165, 1.54) is 94.9 Å². The van der Waals surface area contributed by atoms with Crippen molar-refractivity contribution < 1.29 is 18.9 Å². The van der Waals surface area contributed by atoms with Crippen LogP contribution in [0, 0.1) is 0 Å². The van der Waals surface area contributed by atoms with E-state index < -0.39 is 18.9 Å². The summed E-state index contributed by atoms with van der Waals surface area (Å²) < 4.78 is 1.33. The van der Waals surface area contributed by atoms with Gasteiger partial charge in [0, 0.05) is 0 Å². The summed E-state index contributed by atoms with van der Waals surface area (Å²) in [6.45, 7) is 4.46. The zero-order valence-corrected chi connectivity index (χ0v) is 35.3. The molecule has 3 heteroatoms. The quantitative estimate of drug-likeness (QED) is 0.121. The molecule has 272 valence electrons.